The molecule has 0 bridgehead atoms. The normalized spacial score (nSPS) is 17.6. The molecule has 236 valence electrons. The van der Waals surface area contributed by atoms with Gasteiger partial charge in [0.05, 0.1) is 26.4 Å². The zero-order valence-corrected chi connectivity index (χ0v) is 25.0. The van der Waals surface area contributed by atoms with Gasteiger partial charge in [-0.05, 0) is 61.4 Å². The minimum atomic E-state index is -0.417. The Bertz CT molecular complexity index is 1460. The first kappa shape index (κ1) is 30.2. The molecule has 0 spiro atoms. The summed E-state index contributed by atoms with van der Waals surface area (Å²) in [6.07, 6.45) is 1.14. The third-order valence-electron chi connectivity index (χ3n) is 8.17. The molecule has 3 aliphatic rings. The summed E-state index contributed by atoms with van der Waals surface area (Å²) in [5.74, 6) is 1.18. The Morgan fingerprint density at radius 3 is 1.67 bits per heavy atom. The lowest BCUT2D eigenvalue weighted by atomic mass is 9.96. The highest BCUT2D eigenvalue weighted by Crippen LogP contribution is 2.25. The number of nitrogens with two attached hydrogens (primary N) is 1. The van der Waals surface area contributed by atoms with Crippen LogP contribution in [0.2, 0.25) is 0 Å². The quantitative estimate of drug-likeness (QED) is 0.358. The molecule has 0 unspecified atom stereocenters. The number of hydrogen-bond donors (Lipinski definition) is 3. The lowest BCUT2D eigenvalue weighted by Crippen LogP contribution is -2.41. The molecule has 4 amide bonds. The fraction of sp³-hybridized carbons (Fsp3) is 0.419. The van der Waals surface area contributed by atoms with Gasteiger partial charge in [-0.3, -0.25) is 9.59 Å². The Morgan fingerprint density at radius 2 is 1.18 bits per heavy atom. The van der Waals surface area contributed by atoms with E-state index in [9.17, 15) is 14.4 Å². The van der Waals surface area contributed by atoms with Crippen LogP contribution in [0.4, 0.5) is 28.1 Å². The number of amides is 4. The average Bonchev–Trinajstić information content (AvgIpc) is 3.09. The van der Waals surface area contributed by atoms with E-state index in [-0.39, 0.29) is 17.7 Å². The molecule has 14 nitrogen and oxygen atoms in total. The van der Waals surface area contributed by atoms with E-state index in [1.54, 1.807) is 41.3 Å². The van der Waals surface area contributed by atoms with Crippen LogP contribution < -0.4 is 26.2 Å². The van der Waals surface area contributed by atoms with Crippen molar-refractivity contribution in [1.82, 2.24) is 19.9 Å². The average molecular weight is 616 g/mol. The highest BCUT2D eigenvalue weighted by Gasteiger charge is 2.26. The minimum Gasteiger partial charge on any atom is -0.378 e. The molecular weight excluding hydrogens is 578 g/mol. The van der Waals surface area contributed by atoms with Gasteiger partial charge in [-0.15, -0.1) is 0 Å². The molecule has 3 saturated heterocycles. The molecule has 14 heteroatoms. The molecule has 6 rings (SSSR count). The first-order chi connectivity index (χ1) is 21.9. The minimum absolute atomic E-state index is 0.110. The van der Waals surface area contributed by atoms with E-state index in [2.05, 4.69) is 20.4 Å². The smallest absolute Gasteiger partial charge is 0.323 e. The van der Waals surface area contributed by atoms with E-state index in [0.717, 1.165) is 5.56 Å². The van der Waals surface area contributed by atoms with Crippen molar-refractivity contribution < 1.29 is 23.9 Å². The summed E-state index contributed by atoms with van der Waals surface area (Å²) in [6.45, 7) is 6.31. The van der Waals surface area contributed by atoms with Crippen LogP contribution >= 0.6 is 0 Å². The number of morpholine rings is 2. The number of ether oxygens (including phenoxy) is 2. The van der Waals surface area contributed by atoms with Gasteiger partial charge in [-0.1, -0.05) is 0 Å². The summed E-state index contributed by atoms with van der Waals surface area (Å²) >= 11 is 0. The first-order valence-electron chi connectivity index (χ1n) is 15.2. The zero-order valence-electron chi connectivity index (χ0n) is 25.0. The lowest BCUT2D eigenvalue weighted by molar-refractivity contribution is -0.123. The van der Waals surface area contributed by atoms with Crippen LogP contribution in [0, 0.1) is 5.92 Å². The van der Waals surface area contributed by atoms with E-state index >= 15 is 0 Å². The molecule has 4 N–H and O–H groups in total. The largest absolute Gasteiger partial charge is 0.378 e. The van der Waals surface area contributed by atoms with E-state index in [1.807, 2.05) is 12.1 Å². The number of hydrogen-bond acceptors (Lipinski definition) is 10. The van der Waals surface area contributed by atoms with E-state index in [0.29, 0.717) is 113 Å². The summed E-state index contributed by atoms with van der Waals surface area (Å²) in [7, 11) is 0. The van der Waals surface area contributed by atoms with Crippen LogP contribution in [0.15, 0.2) is 48.5 Å². The van der Waals surface area contributed by atoms with Crippen LogP contribution in [-0.4, -0.2) is 103 Å². The molecule has 0 atom stereocenters. The number of anilines is 4. The SMILES string of the molecule is NC(=O)C1CCN(C(=O)c2ccc(NC(=O)Nc3ccc(-c4nc(N5CCOCC5)nc(N5CCOCC5)n4)cc3)cc2)CC1. The fourth-order valence-corrected chi connectivity index (χ4v) is 5.53. The summed E-state index contributed by atoms with van der Waals surface area (Å²) in [5, 5.41) is 5.63. The van der Waals surface area contributed by atoms with Crippen LogP contribution in [0.1, 0.15) is 23.2 Å². The number of nitrogens with one attached hydrogen (secondary N) is 2. The van der Waals surface area contributed by atoms with Crippen molar-refractivity contribution in [2.75, 3.05) is 86.1 Å². The molecule has 4 heterocycles. The van der Waals surface area contributed by atoms with Crippen LogP contribution in [-0.2, 0) is 14.3 Å². The molecule has 1 aromatic heterocycles. The van der Waals surface area contributed by atoms with Crippen molar-refractivity contribution in [3.05, 3.63) is 54.1 Å². The van der Waals surface area contributed by atoms with E-state index in [1.165, 1.54) is 0 Å². The van der Waals surface area contributed by atoms with Gasteiger partial charge in [0.1, 0.15) is 0 Å². The number of piperidine rings is 1. The van der Waals surface area contributed by atoms with Crippen LogP contribution in [0.5, 0.6) is 0 Å². The third-order valence-corrected chi connectivity index (χ3v) is 8.17. The van der Waals surface area contributed by atoms with Gasteiger partial charge >= 0.3 is 6.03 Å². The molecular formula is C31H37N9O5. The van der Waals surface area contributed by atoms with Crippen molar-refractivity contribution in [1.29, 1.82) is 0 Å². The summed E-state index contributed by atoms with van der Waals surface area (Å²) in [4.78, 5) is 57.2. The van der Waals surface area contributed by atoms with Gasteiger partial charge in [-0.25, -0.2) is 4.79 Å². The lowest BCUT2D eigenvalue weighted by Gasteiger charge is -2.30. The van der Waals surface area contributed by atoms with Gasteiger partial charge in [-0.2, -0.15) is 15.0 Å². The summed E-state index contributed by atoms with van der Waals surface area (Å²) in [5.41, 5.74) is 7.85. The summed E-state index contributed by atoms with van der Waals surface area (Å²) < 4.78 is 11.0. The molecule has 3 aromatic rings. The van der Waals surface area contributed by atoms with Crippen molar-refractivity contribution in [3.63, 3.8) is 0 Å². The number of primary amides is 1. The maximum Gasteiger partial charge on any atom is 0.323 e. The first-order valence-corrected chi connectivity index (χ1v) is 15.2. The highest BCUT2D eigenvalue weighted by molar-refractivity contribution is 6.00. The second kappa shape index (κ2) is 13.9. The van der Waals surface area contributed by atoms with Crippen molar-refractivity contribution in [3.8, 4) is 11.4 Å². The Hall–Kier alpha value is -4.82. The van der Waals surface area contributed by atoms with E-state index < -0.39 is 6.03 Å². The zero-order chi connectivity index (χ0) is 31.2. The Morgan fingerprint density at radius 1 is 0.689 bits per heavy atom. The summed E-state index contributed by atoms with van der Waals surface area (Å²) in [6, 6.07) is 13.6. The van der Waals surface area contributed by atoms with Gasteiger partial charge in [0, 0.05) is 67.7 Å². The molecule has 3 fully saturated rings. The Balaban J connectivity index is 1.08. The van der Waals surface area contributed by atoms with Gasteiger partial charge in [0.15, 0.2) is 5.82 Å². The van der Waals surface area contributed by atoms with Crippen LogP contribution in [0.25, 0.3) is 11.4 Å². The second-order valence-electron chi connectivity index (χ2n) is 11.2. The molecule has 0 saturated carbocycles. The number of carbonyl (C=O) groups is 3. The molecule has 0 radical (unpaired) electrons. The molecule has 45 heavy (non-hydrogen) atoms. The maximum atomic E-state index is 12.9. The predicted octanol–water partition coefficient (Wildman–Crippen LogP) is 2.19. The standard InChI is InChI=1S/C31H37N9O5/c32-26(41)21-9-11-38(12-10-21)28(42)23-3-7-25(8-4-23)34-31(43)33-24-5-1-22(2-6-24)27-35-29(39-13-17-44-18-14-39)37-30(36-27)40-15-19-45-20-16-40/h1-8,21H,9-20H2,(H2,32,41)(H2,33,34,43). The number of nitrogens with zero attached hydrogens (tertiary/aromatic N) is 6. The number of benzene rings is 2. The molecule has 0 aliphatic carbocycles. The van der Waals surface area contributed by atoms with Gasteiger partial charge in [0.25, 0.3) is 5.91 Å². The number of aromatic nitrogens is 3. The van der Waals surface area contributed by atoms with Crippen molar-refractivity contribution in [2.45, 2.75) is 12.8 Å². The topological polar surface area (TPSA) is 168 Å². The fourth-order valence-electron chi connectivity index (χ4n) is 5.53. The number of carbonyl (C=O) groups excluding carboxylic acids is 3. The number of likely N-dealkylation sites (tertiary alicyclic amines) is 1. The molecule has 3 aliphatic heterocycles. The number of rotatable bonds is 7. The maximum absolute atomic E-state index is 12.9. The Labute approximate surface area is 260 Å². The highest BCUT2D eigenvalue weighted by atomic mass is 16.5. The van der Waals surface area contributed by atoms with Crippen molar-refractivity contribution >= 4 is 41.1 Å². The number of urea groups is 1. The van der Waals surface area contributed by atoms with Crippen molar-refractivity contribution in [2.24, 2.45) is 11.7 Å². The van der Waals surface area contributed by atoms with Crippen LogP contribution in [0.3, 0.4) is 0 Å². The predicted molar refractivity (Wildman–Crippen MR) is 168 cm³/mol. The Kier molecular flexibility index (Phi) is 9.31. The van der Waals surface area contributed by atoms with Gasteiger partial charge in [0.2, 0.25) is 17.8 Å². The van der Waals surface area contributed by atoms with Gasteiger partial charge < -0.3 is 40.5 Å². The van der Waals surface area contributed by atoms with E-state index in [4.69, 9.17) is 30.2 Å². The second-order valence-corrected chi connectivity index (χ2v) is 11.2. The monoisotopic (exact) mass is 615 g/mol. The third kappa shape index (κ3) is 7.46. The molecule has 2 aromatic carbocycles.